The molecular weight excluding hydrogens is 218 g/mol. The molecule has 14 heavy (non-hydrogen) atoms. The zero-order valence-corrected chi connectivity index (χ0v) is 9.80. The summed E-state index contributed by atoms with van der Waals surface area (Å²) in [6, 6.07) is 0. The molecule has 0 bridgehead atoms. The van der Waals surface area contributed by atoms with Gasteiger partial charge >= 0.3 is 0 Å². The molecule has 0 aliphatic carbocycles. The standard InChI is InChI=1S/C10H14ClNOS/c1-12-4-2-9-10(11)7-6-13-5-3-8(7)14-9/h12H,2-6H2,1H3. The minimum absolute atomic E-state index is 0.699. The van der Waals surface area contributed by atoms with Crippen LogP contribution in [0.3, 0.4) is 0 Å². The van der Waals surface area contributed by atoms with Crippen molar-refractivity contribution in [3.63, 3.8) is 0 Å². The first kappa shape index (κ1) is 10.4. The Bertz CT molecular complexity index is 324. The molecular formula is C10H14ClNOS. The Morgan fingerprint density at radius 1 is 1.57 bits per heavy atom. The molecule has 1 aliphatic heterocycles. The molecule has 0 amide bonds. The largest absolute Gasteiger partial charge is 0.376 e. The van der Waals surface area contributed by atoms with E-state index >= 15 is 0 Å². The van der Waals surface area contributed by atoms with E-state index in [1.165, 1.54) is 15.3 Å². The lowest BCUT2D eigenvalue weighted by atomic mass is 10.1. The molecule has 2 heterocycles. The maximum atomic E-state index is 6.28. The van der Waals surface area contributed by atoms with Gasteiger partial charge in [-0.25, -0.2) is 0 Å². The van der Waals surface area contributed by atoms with Crippen LogP contribution in [0.1, 0.15) is 15.3 Å². The fourth-order valence-corrected chi connectivity index (χ4v) is 3.25. The normalized spacial score (nSPS) is 15.6. The van der Waals surface area contributed by atoms with E-state index in [1.807, 2.05) is 18.4 Å². The third-order valence-electron chi connectivity index (χ3n) is 2.41. The zero-order chi connectivity index (χ0) is 9.97. The van der Waals surface area contributed by atoms with Gasteiger partial charge in [0.05, 0.1) is 18.2 Å². The van der Waals surface area contributed by atoms with Crippen LogP contribution in [0, 0.1) is 0 Å². The van der Waals surface area contributed by atoms with Crippen molar-refractivity contribution in [2.75, 3.05) is 20.2 Å². The summed E-state index contributed by atoms with van der Waals surface area (Å²) in [5, 5.41) is 4.08. The van der Waals surface area contributed by atoms with Crippen molar-refractivity contribution >= 4 is 22.9 Å². The molecule has 0 unspecified atom stereocenters. The van der Waals surface area contributed by atoms with Gasteiger partial charge in [-0.2, -0.15) is 0 Å². The van der Waals surface area contributed by atoms with Crippen molar-refractivity contribution < 1.29 is 4.74 Å². The van der Waals surface area contributed by atoms with Gasteiger partial charge in [-0.1, -0.05) is 11.6 Å². The van der Waals surface area contributed by atoms with Gasteiger partial charge in [0, 0.05) is 21.7 Å². The maximum Gasteiger partial charge on any atom is 0.0742 e. The predicted molar refractivity (Wildman–Crippen MR) is 60.3 cm³/mol. The van der Waals surface area contributed by atoms with Crippen LogP contribution in [-0.2, 0) is 24.2 Å². The molecule has 4 heteroatoms. The molecule has 0 saturated carbocycles. The van der Waals surface area contributed by atoms with Crippen molar-refractivity contribution in [3.05, 3.63) is 20.3 Å². The van der Waals surface area contributed by atoms with Gasteiger partial charge in [0.25, 0.3) is 0 Å². The lowest BCUT2D eigenvalue weighted by molar-refractivity contribution is 0.112. The van der Waals surface area contributed by atoms with Crippen LogP contribution in [0.25, 0.3) is 0 Å². The third-order valence-corrected chi connectivity index (χ3v) is 4.33. The van der Waals surface area contributed by atoms with E-state index in [9.17, 15) is 0 Å². The number of rotatable bonds is 3. The topological polar surface area (TPSA) is 21.3 Å². The summed E-state index contributed by atoms with van der Waals surface area (Å²) >= 11 is 8.13. The van der Waals surface area contributed by atoms with Crippen molar-refractivity contribution in [2.45, 2.75) is 19.4 Å². The molecule has 0 fully saturated rings. The Kier molecular flexibility index (Phi) is 3.44. The van der Waals surface area contributed by atoms with Crippen LogP contribution < -0.4 is 5.32 Å². The summed E-state index contributed by atoms with van der Waals surface area (Å²) in [4.78, 5) is 2.73. The highest BCUT2D eigenvalue weighted by atomic mass is 35.5. The average molecular weight is 232 g/mol. The fraction of sp³-hybridized carbons (Fsp3) is 0.600. The quantitative estimate of drug-likeness (QED) is 0.862. The Hall–Kier alpha value is -0.0900. The smallest absolute Gasteiger partial charge is 0.0742 e. The summed E-state index contributed by atoms with van der Waals surface area (Å²) in [5.74, 6) is 0. The Balaban J connectivity index is 2.20. The molecule has 0 aromatic carbocycles. The van der Waals surface area contributed by atoms with Gasteiger partial charge in [-0.15, -0.1) is 11.3 Å². The molecule has 1 aromatic rings. The molecule has 2 rings (SSSR count). The Morgan fingerprint density at radius 3 is 3.14 bits per heavy atom. The lowest BCUT2D eigenvalue weighted by Crippen LogP contribution is -2.09. The predicted octanol–water partition coefficient (Wildman–Crippen LogP) is 2.24. The molecule has 0 spiro atoms. The summed E-state index contributed by atoms with van der Waals surface area (Å²) in [5.41, 5.74) is 1.23. The van der Waals surface area contributed by atoms with E-state index < -0.39 is 0 Å². The van der Waals surface area contributed by atoms with Gasteiger partial charge in [0.1, 0.15) is 0 Å². The summed E-state index contributed by atoms with van der Waals surface area (Å²) in [7, 11) is 1.96. The van der Waals surface area contributed by atoms with Crippen molar-refractivity contribution in [2.24, 2.45) is 0 Å². The second-order valence-corrected chi connectivity index (χ2v) is 4.96. The van der Waals surface area contributed by atoms with Gasteiger partial charge in [-0.05, 0) is 20.0 Å². The molecule has 78 valence electrons. The lowest BCUT2D eigenvalue weighted by Gasteiger charge is -2.11. The van der Waals surface area contributed by atoms with Crippen molar-refractivity contribution in [1.82, 2.24) is 5.32 Å². The molecule has 1 aliphatic rings. The Labute approximate surface area is 93.2 Å². The molecule has 1 aromatic heterocycles. The minimum atomic E-state index is 0.699. The SMILES string of the molecule is CNCCc1sc2c(c1Cl)COCC2. The summed E-state index contributed by atoms with van der Waals surface area (Å²) < 4.78 is 5.40. The van der Waals surface area contributed by atoms with E-state index in [1.54, 1.807) is 0 Å². The number of thiophene rings is 1. The van der Waals surface area contributed by atoms with E-state index in [0.29, 0.717) is 6.61 Å². The van der Waals surface area contributed by atoms with Crippen LogP contribution in [0.15, 0.2) is 0 Å². The average Bonchev–Trinajstić information content (AvgIpc) is 2.54. The minimum Gasteiger partial charge on any atom is -0.376 e. The zero-order valence-electron chi connectivity index (χ0n) is 8.23. The van der Waals surface area contributed by atoms with Gasteiger partial charge in [0.2, 0.25) is 0 Å². The molecule has 0 saturated heterocycles. The number of halogens is 1. The van der Waals surface area contributed by atoms with Crippen LogP contribution in [0.4, 0.5) is 0 Å². The number of nitrogens with one attached hydrogen (secondary N) is 1. The number of ether oxygens (including phenoxy) is 1. The molecule has 0 atom stereocenters. The van der Waals surface area contributed by atoms with Gasteiger partial charge < -0.3 is 10.1 Å². The second-order valence-electron chi connectivity index (χ2n) is 3.40. The van der Waals surface area contributed by atoms with E-state index in [2.05, 4.69) is 5.32 Å². The summed E-state index contributed by atoms with van der Waals surface area (Å²) in [6.45, 7) is 2.53. The third kappa shape index (κ3) is 1.96. The molecule has 2 nitrogen and oxygen atoms in total. The van der Waals surface area contributed by atoms with Gasteiger partial charge in [0.15, 0.2) is 0 Å². The first-order valence-corrected chi connectivity index (χ1v) is 6.03. The van der Waals surface area contributed by atoms with E-state index in [0.717, 1.165) is 31.0 Å². The Morgan fingerprint density at radius 2 is 2.43 bits per heavy atom. The summed E-state index contributed by atoms with van der Waals surface area (Å²) in [6.07, 6.45) is 2.05. The monoisotopic (exact) mass is 231 g/mol. The van der Waals surface area contributed by atoms with Crippen molar-refractivity contribution in [1.29, 1.82) is 0 Å². The van der Waals surface area contributed by atoms with Gasteiger partial charge in [-0.3, -0.25) is 0 Å². The maximum absolute atomic E-state index is 6.28. The first-order chi connectivity index (χ1) is 6.83. The number of hydrogen-bond acceptors (Lipinski definition) is 3. The van der Waals surface area contributed by atoms with Crippen LogP contribution >= 0.6 is 22.9 Å². The highest BCUT2D eigenvalue weighted by Crippen LogP contribution is 2.36. The van der Waals surface area contributed by atoms with Crippen molar-refractivity contribution in [3.8, 4) is 0 Å². The van der Waals surface area contributed by atoms with Crippen LogP contribution in [0.5, 0.6) is 0 Å². The van der Waals surface area contributed by atoms with E-state index in [-0.39, 0.29) is 0 Å². The fourth-order valence-electron chi connectivity index (χ4n) is 1.63. The molecule has 1 N–H and O–H groups in total. The molecule has 0 radical (unpaired) electrons. The van der Waals surface area contributed by atoms with E-state index in [4.69, 9.17) is 16.3 Å². The second kappa shape index (κ2) is 4.62. The number of hydrogen-bond donors (Lipinski definition) is 1. The highest BCUT2D eigenvalue weighted by molar-refractivity contribution is 7.12. The number of likely N-dealkylation sites (N-methyl/N-ethyl adjacent to an activating group) is 1. The van der Waals surface area contributed by atoms with Crippen LogP contribution in [-0.4, -0.2) is 20.2 Å². The van der Waals surface area contributed by atoms with Crippen LogP contribution in [0.2, 0.25) is 5.02 Å². The highest BCUT2D eigenvalue weighted by Gasteiger charge is 2.19. The first-order valence-electron chi connectivity index (χ1n) is 4.84. The number of fused-ring (bicyclic) bond motifs is 1.